The van der Waals surface area contributed by atoms with Crippen LogP contribution in [0.1, 0.15) is 21.0 Å². The molecule has 132 valence electrons. The summed E-state index contributed by atoms with van der Waals surface area (Å²) in [5, 5.41) is 10.2. The number of anilines is 1. The molecule has 0 aliphatic carbocycles. The molecule has 26 heavy (non-hydrogen) atoms. The molecule has 2 heterocycles. The molecule has 3 aromatic rings. The molecule has 0 radical (unpaired) electrons. The molecular formula is C17H13Cl2N5O2. The number of rotatable bonds is 4. The molecule has 0 fully saturated rings. The molecule has 1 aromatic carbocycles. The van der Waals surface area contributed by atoms with E-state index in [-0.39, 0.29) is 23.1 Å². The third-order valence-corrected chi connectivity index (χ3v) is 3.97. The first kappa shape index (κ1) is 17.9. The van der Waals surface area contributed by atoms with Crippen molar-refractivity contribution in [1.82, 2.24) is 20.1 Å². The summed E-state index contributed by atoms with van der Waals surface area (Å²) < 4.78 is 1.47. The van der Waals surface area contributed by atoms with Crippen molar-refractivity contribution in [1.29, 1.82) is 0 Å². The molecule has 0 saturated carbocycles. The Labute approximate surface area is 158 Å². The molecule has 2 aromatic heterocycles. The predicted molar refractivity (Wildman–Crippen MR) is 99.2 cm³/mol. The van der Waals surface area contributed by atoms with Crippen LogP contribution in [0.25, 0.3) is 5.69 Å². The first-order valence-corrected chi connectivity index (χ1v) is 8.25. The molecule has 2 amide bonds. The molecule has 3 rings (SSSR count). The third-order valence-electron chi connectivity index (χ3n) is 3.43. The van der Waals surface area contributed by atoms with Crippen LogP contribution in [0.15, 0.2) is 48.7 Å². The van der Waals surface area contributed by atoms with Crippen molar-refractivity contribution in [2.45, 2.75) is 0 Å². The van der Waals surface area contributed by atoms with E-state index in [9.17, 15) is 9.59 Å². The topological polar surface area (TPSA) is 88.9 Å². The Morgan fingerprint density at radius 3 is 2.58 bits per heavy atom. The van der Waals surface area contributed by atoms with E-state index in [4.69, 9.17) is 23.2 Å². The zero-order valence-electron chi connectivity index (χ0n) is 13.5. The van der Waals surface area contributed by atoms with Crippen molar-refractivity contribution in [3.05, 3.63) is 70.1 Å². The van der Waals surface area contributed by atoms with Gasteiger partial charge in [0.05, 0.1) is 10.7 Å². The van der Waals surface area contributed by atoms with Gasteiger partial charge >= 0.3 is 0 Å². The number of nitrogens with one attached hydrogen (secondary N) is 2. The highest BCUT2D eigenvalue weighted by Gasteiger charge is 2.14. The summed E-state index contributed by atoms with van der Waals surface area (Å²) in [6.45, 7) is 0. The Morgan fingerprint density at radius 1 is 1.04 bits per heavy atom. The number of halogens is 2. The largest absolute Gasteiger partial charge is 0.354 e. The quantitative estimate of drug-likeness (QED) is 0.716. The number of pyridine rings is 1. The highest BCUT2D eigenvalue weighted by Crippen LogP contribution is 2.24. The number of aromatic nitrogens is 3. The fourth-order valence-corrected chi connectivity index (χ4v) is 2.68. The minimum atomic E-state index is -0.463. The summed E-state index contributed by atoms with van der Waals surface area (Å²) in [7, 11) is 1.50. The number of carbonyl (C=O) groups is 2. The number of hydrogen-bond donors (Lipinski definition) is 2. The molecular weight excluding hydrogens is 377 g/mol. The van der Waals surface area contributed by atoms with Gasteiger partial charge in [0, 0.05) is 18.3 Å². The lowest BCUT2D eigenvalue weighted by Crippen LogP contribution is -2.20. The Kier molecular flexibility index (Phi) is 5.20. The molecule has 0 aliphatic rings. The van der Waals surface area contributed by atoms with Crippen molar-refractivity contribution >= 4 is 40.8 Å². The van der Waals surface area contributed by atoms with Gasteiger partial charge in [-0.05, 0) is 36.4 Å². The van der Waals surface area contributed by atoms with Crippen LogP contribution in [0.3, 0.4) is 0 Å². The highest BCUT2D eigenvalue weighted by atomic mass is 35.5. The molecule has 0 aliphatic heterocycles. The first-order chi connectivity index (χ1) is 12.5. The minimum Gasteiger partial charge on any atom is -0.354 e. The predicted octanol–water partition coefficient (Wildman–Crippen LogP) is 3.19. The average molecular weight is 390 g/mol. The van der Waals surface area contributed by atoms with Gasteiger partial charge in [-0.2, -0.15) is 5.10 Å². The number of nitrogens with zero attached hydrogens (tertiary/aromatic N) is 3. The second kappa shape index (κ2) is 7.55. The van der Waals surface area contributed by atoms with E-state index in [2.05, 4.69) is 20.7 Å². The lowest BCUT2D eigenvalue weighted by Gasteiger charge is -2.05. The Bertz CT molecular complexity index is 987. The summed E-state index contributed by atoms with van der Waals surface area (Å²) >= 11 is 12.0. The molecule has 0 saturated heterocycles. The Morgan fingerprint density at radius 2 is 1.85 bits per heavy atom. The third kappa shape index (κ3) is 3.84. The SMILES string of the molecule is CNC(=O)c1cccc(NC(=O)c2ccn(-c3ccc(Cl)cc3Cl)n2)n1. The van der Waals surface area contributed by atoms with E-state index in [0.717, 1.165) is 0 Å². The van der Waals surface area contributed by atoms with E-state index in [1.807, 2.05) is 0 Å². The number of benzene rings is 1. The lowest BCUT2D eigenvalue weighted by molar-refractivity contribution is 0.0956. The van der Waals surface area contributed by atoms with Gasteiger partial charge in [0.25, 0.3) is 11.8 Å². The summed E-state index contributed by atoms with van der Waals surface area (Å²) in [5.41, 5.74) is 0.960. The van der Waals surface area contributed by atoms with Crippen molar-refractivity contribution in [2.24, 2.45) is 0 Å². The summed E-state index contributed by atoms with van der Waals surface area (Å²) in [6, 6.07) is 11.3. The van der Waals surface area contributed by atoms with Gasteiger partial charge in [0.15, 0.2) is 5.69 Å². The monoisotopic (exact) mass is 389 g/mol. The van der Waals surface area contributed by atoms with E-state index in [1.165, 1.54) is 11.7 Å². The summed E-state index contributed by atoms with van der Waals surface area (Å²) in [5.74, 6) is -0.562. The van der Waals surface area contributed by atoms with Crippen molar-refractivity contribution in [2.75, 3.05) is 12.4 Å². The van der Waals surface area contributed by atoms with Crippen LogP contribution in [-0.4, -0.2) is 33.6 Å². The van der Waals surface area contributed by atoms with Crippen molar-refractivity contribution in [3.8, 4) is 5.69 Å². The molecule has 9 heteroatoms. The van der Waals surface area contributed by atoms with Gasteiger partial charge in [-0.25, -0.2) is 9.67 Å². The normalized spacial score (nSPS) is 10.4. The minimum absolute atomic E-state index is 0.170. The maximum atomic E-state index is 12.4. The van der Waals surface area contributed by atoms with Crippen LogP contribution in [0.2, 0.25) is 10.0 Å². The average Bonchev–Trinajstić information content (AvgIpc) is 3.11. The second-order valence-corrected chi connectivity index (χ2v) is 6.03. The van der Waals surface area contributed by atoms with Crippen LogP contribution < -0.4 is 10.6 Å². The maximum absolute atomic E-state index is 12.4. The van der Waals surface area contributed by atoms with Crippen molar-refractivity contribution < 1.29 is 9.59 Å². The number of amides is 2. The lowest BCUT2D eigenvalue weighted by atomic mass is 10.3. The first-order valence-electron chi connectivity index (χ1n) is 7.49. The molecule has 0 atom stereocenters. The van der Waals surface area contributed by atoms with Gasteiger partial charge in [0.2, 0.25) is 0 Å². The molecule has 0 spiro atoms. The van der Waals surface area contributed by atoms with Crippen LogP contribution in [0, 0.1) is 0 Å². The van der Waals surface area contributed by atoms with Crippen LogP contribution >= 0.6 is 23.2 Å². The smallest absolute Gasteiger partial charge is 0.277 e. The zero-order valence-corrected chi connectivity index (χ0v) is 15.0. The van der Waals surface area contributed by atoms with E-state index in [0.29, 0.717) is 15.7 Å². The van der Waals surface area contributed by atoms with Crippen LogP contribution in [0.5, 0.6) is 0 Å². The van der Waals surface area contributed by atoms with E-state index >= 15 is 0 Å². The van der Waals surface area contributed by atoms with Gasteiger partial charge in [-0.3, -0.25) is 9.59 Å². The number of hydrogen-bond acceptors (Lipinski definition) is 4. The van der Waals surface area contributed by atoms with Crippen LogP contribution in [0.4, 0.5) is 5.82 Å². The standard InChI is InChI=1S/C17H13Cl2N5O2/c1-20-16(25)12-3-2-4-15(21-12)22-17(26)13-7-8-24(23-13)14-6-5-10(18)9-11(14)19/h2-9H,1H3,(H,20,25)(H,21,22,26). The maximum Gasteiger partial charge on any atom is 0.277 e. The van der Waals surface area contributed by atoms with E-state index in [1.54, 1.807) is 48.7 Å². The molecule has 0 unspecified atom stereocenters. The van der Waals surface area contributed by atoms with Gasteiger partial charge in [-0.1, -0.05) is 29.3 Å². The molecule has 0 bridgehead atoms. The second-order valence-electron chi connectivity index (χ2n) is 5.18. The zero-order chi connectivity index (χ0) is 18.7. The summed E-state index contributed by atoms with van der Waals surface area (Å²) in [6.07, 6.45) is 1.61. The fourth-order valence-electron chi connectivity index (χ4n) is 2.19. The number of carbonyl (C=O) groups excluding carboxylic acids is 2. The van der Waals surface area contributed by atoms with Gasteiger partial charge in [-0.15, -0.1) is 0 Å². The fraction of sp³-hybridized carbons (Fsp3) is 0.0588. The summed E-state index contributed by atoms with van der Waals surface area (Å²) in [4.78, 5) is 28.1. The van der Waals surface area contributed by atoms with Crippen LogP contribution in [-0.2, 0) is 0 Å². The highest BCUT2D eigenvalue weighted by molar-refractivity contribution is 6.35. The molecule has 7 nitrogen and oxygen atoms in total. The Hall–Kier alpha value is -2.90. The van der Waals surface area contributed by atoms with Gasteiger partial charge in [0.1, 0.15) is 11.5 Å². The molecule has 2 N–H and O–H groups in total. The Balaban J connectivity index is 1.79. The van der Waals surface area contributed by atoms with Crippen molar-refractivity contribution in [3.63, 3.8) is 0 Å². The van der Waals surface area contributed by atoms with E-state index < -0.39 is 5.91 Å². The van der Waals surface area contributed by atoms with Gasteiger partial charge < -0.3 is 10.6 Å².